The van der Waals surface area contributed by atoms with Crippen molar-refractivity contribution >= 4 is 5.91 Å². The zero-order chi connectivity index (χ0) is 16.2. The number of rotatable bonds is 5. The number of fused-ring (bicyclic) bond motifs is 1. The molecule has 1 aromatic heterocycles. The summed E-state index contributed by atoms with van der Waals surface area (Å²) in [6.07, 6.45) is 6.18. The Morgan fingerprint density at radius 3 is 3.09 bits per heavy atom. The molecule has 3 atom stereocenters. The summed E-state index contributed by atoms with van der Waals surface area (Å²) in [5.41, 5.74) is 1.11. The molecular weight excluding hydrogens is 290 g/mol. The Bertz CT molecular complexity index is 520. The second kappa shape index (κ2) is 7.41. The lowest BCUT2D eigenvalue weighted by molar-refractivity contribution is -0.121. The molecule has 0 aliphatic carbocycles. The summed E-state index contributed by atoms with van der Waals surface area (Å²) in [7, 11) is 0. The average Bonchev–Trinajstić information content (AvgIpc) is 2.95. The highest BCUT2D eigenvalue weighted by atomic mass is 16.5. The first-order valence-corrected chi connectivity index (χ1v) is 8.65. The van der Waals surface area contributed by atoms with E-state index in [9.17, 15) is 4.79 Å². The van der Waals surface area contributed by atoms with Gasteiger partial charge in [-0.3, -0.25) is 14.7 Å². The Balaban J connectivity index is 1.44. The van der Waals surface area contributed by atoms with Crippen molar-refractivity contribution in [3.8, 4) is 0 Å². The molecule has 0 bridgehead atoms. The predicted molar refractivity (Wildman–Crippen MR) is 89.0 cm³/mol. The molecule has 1 N–H and O–H groups in total. The molecule has 126 valence electrons. The number of aromatic nitrogens is 1. The molecule has 1 amide bonds. The number of hydrogen-bond donors (Lipinski definition) is 1. The van der Waals surface area contributed by atoms with E-state index in [4.69, 9.17) is 4.74 Å². The lowest BCUT2D eigenvalue weighted by Crippen LogP contribution is -2.48. The Labute approximate surface area is 138 Å². The van der Waals surface area contributed by atoms with Gasteiger partial charge in [0.25, 0.3) is 0 Å². The summed E-state index contributed by atoms with van der Waals surface area (Å²) < 4.78 is 5.95. The van der Waals surface area contributed by atoms with Crippen LogP contribution in [0.4, 0.5) is 0 Å². The zero-order valence-corrected chi connectivity index (χ0v) is 14.1. The summed E-state index contributed by atoms with van der Waals surface area (Å²) >= 11 is 0. The number of nitrogens with zero attached hydrogens (tertiary/aromatic N) is 2. The van der Waals surface area contributed by atoms with Crippen molar-refractivity contribution in [3.05, 3.63) is 30.1 Å². The fourth-order valence-electron chi connectivity index (χ4n) is 3.51. The number of amides is 1. The summed E-state index contributed by atoms with van der Waals surface area (Å²) in [6.45, 7) is 7.16. The van der Waals surface area contributed by atoms with Crippen LogP contribution in [0, 0.1) is 5.92 Å². The molecule has 1 aromatic rings. The molecule has 0 radical (unpaired) electrons. The predicted octanol–water partition coefficient (Wildman–Crippen LogP) is 1.63. The van der Waals surface area contributed by atoms with Gasteiger partial charge in [-0.15, -0.1) is 0 Å². The minimum absolute atomic E-state index is 0.139. The van der Waals surface area contributed by atoms with Gasteiger partial charge in [0.15, 0.2) is 0 Å². The van der Waals surface area contributed by atoms with Gasteiger partial charge in [0.05, 0.1) is 12.7 Å². The van der Waals surface area contributed by atoms with Crippen LogP contribution >= 0.6 is 0 Å². The van der Waals surface area contributed by atoms with Crippen molar-refractivity contribution in [2.24, 2.45) is 5.92 Å². The number of carbonyl (C=O) groups is 1. The molecule has 2 fully saturated rings. The number of morpholine rings is 1. The zero-order valence-electron chi connectivity index (χ0n) is 14.1. The molecule has 0 saturated carbocycles. The van der Waals surface area contributed by atoms with E-state index in [1.807, 2.05) is 18.3 Å². The van der Waals surface area contributed by atoms with E-state index in [1.165, 1.54) is 0 Å². The van der Waals surface area contributed by atoms with E-state index in [2.05, 4.69) is 29.0 Å². The number of pyridine rings is 1. The minimum atomic E-state index is 0.139. The Hall–Kier alpha value is -1.46. The molecule has 0 unspecified atom stereocenters. The van der Waals surface area contributed by atoms with Gasteiger partial charge >= 0.3 is 0 Å². The van der Waals surface area contributed by atoms with Gasteiger partial charge in [-0.05, 0) is 30.4 Å². The molecule has 0 spiro atoms. The third-order valence-corrected chi connectivity index (χ3v) is 4.92. The van der Waals surface area contributed by atoms with Crippen LogP contribution in [0.15, 0.2) is 24.5 Å². The van der Waals surface area contributed by atoms with Crippen molar-refractivity contribution in [1.82, 2.24) is 15.2 Å². The van der Waals surface area contributed by atoms with Crippen LogP contribution in [0.5, 0.6) is 0 Å². The van der Waals surface area contributed by atoms with Crippen molar-refractivity contribution in [3.63, 3.8) is 0 Å². The van der Waals surface area contributed by atoms with E-state index in [0.717, 1.165) is 38.1 Å². The first-order chi connectivity index (χ1) is 11.1. The lowest BCUT2D eigenvalue weighted by atomic mass is 10.0. The van der Waals surface area contributed by atoms with Crippen LogP contribution in [0.1, 0.15) is 32.3 Å². The van der Waals surface area contributed by atoms with E-state index in [0.29, 0.717) is 24.5 Å². The highest BCUT2D eigenvalue weighted by molar-refractivity contribution is 5.76. The van der Waals surface area contributed by atoms with Crippen LogP contribution in [0.2, 0.25) is 0 Å². The highest BCUT2D eigenvalue weighted by Gasteiger charge is 2.38. The number of ether oxygens (including phenoxy) is 1. The Morgan fingerprint density at radius 1 is 1.48 bits per heavy atom. The van der Waals surface area contributed by atoms with E-state index < -0.39 is 0 Å². The van der Waals surface area contributed by atoms with Crippen LogP contribution < -0.4 is 5.32 Å². The van der Waals surface area contributed by atoms with Gasteiger partial charge in [0.2, 0.25) is 5.91 Å². The third kappa shape index (κ3) is 4.30. The maximum Gasteiger partial charge on any atom is 0.220 e. The largest absolute Gasteiger partial charge is 0.375 e. The molecule has 2 saturated heterocycles. The van der Waals surface area contributed by atoms with Gasteiger partial charge in [-0.25, -0.2) is 0 Å². The Kier molecular flexibility index (Phi) is 5.28. The first-order valence-electron chi connectivity index (χ1n) is 8.65. The van der Waals surface area contributed by atoms with Crippen molar-refractivity contribution in [2.45, 2.75) is 51.3 Å². The van der Waals surface area contributed by atoms with Crippen molar-refractivity contribution in [1.29, 1.82) is 0 Å². The summed E-state index contributed by atoms with van der Waals surface area (Å²) in [5.74, 6) is 0.684. The van der Waals surface area contributed by atoms with Crippen LogP contribution in [-0.4, -0.2) is 53.7 Å². The smallest absolute Gasteiger partial charge is 0.220 e. The fraction of sp³-hybridized carbons (Fsp3) is 0.667. The maximum atomic E-state index is 12.2. The summed E-state index contributed by atoms with van der Waals surface area (Å²) in [4.78, 5) is 18.7. The first kappa shape index (κ1) is 16.4. The molecule has 3 rings (SSSR count). The molecular formula is C18H27N3O2. The van der Waals surface area contributed by atoms with Gasteiger partial charge < -0.3 is 10.1 Å². The summed E-state index contributed by atoms with van der Waals surface area (Å²) in [6, 6.07) is 4.65. The average molecular weight is 317 g/mol. The van der Waals surface area contributed by atoms with Crippen LogP contribution in [0.3, 0.4) is 0 Å². The monoisotopic (exact) mass is 317 g/mol. The van der Waals surface area contributed by atoms with Crippen molar-refractivity contribution in [2.75, 3.05) is 19.7 Å². The van der Waals surface area contributed by atoms with Gasteiger partial charge in [-0.1, -0.05) is 19.9 Å². The number of nitrogens with one attached hydrogen (secondary N) is 1. The number of hydrogen-bond acceptors (Lipinski definition) is 4. The standard InChI is InChI=1S/C18H27N3O2/c1-13(2)17-11-21-10-15(8-16(21)12-23-17)20-18(22)6-5-14-4-3-7-19-9-14/h3-4,7,9,13,15-17H,5-6,8,10-12H2,1-2H3,(H,20,22)/t15-,16-,17+/m0/s1. The SMILES string of the molecule is CC(C)[C@H]1CN2C[C@@H](NC(=O)CCc3cccnc3)C[C@H]2CO1. The van der Waals surface area contributed by atoms with Gasteiger partial charge in [-0.2, -0.15) is 0 Å². The van der Waals surface area contributed by atoms with Crippen LogP contribution in [0.25, 0.3) is 0 Å². The second-order valence-corrected chi connectivity index (χ2v) is 7.08. The lowest BCUT2D eigenvalue weighted by Gasteiger charge is -2.36. The Morgan fingerprint density at radius 2 is 2.35 bits per heavy atom. The molecule has 5 nitrogen and oxygen atoms in total. The number of carbonyl (C=O) groups excluding carboxylic acids is 1. The van der Waals surface area contributed by atoms with Gasteiger partial charge in [0.1, 0.15) is 0 Å². The normalized spacial score (nSPS) is 27.9. The molecule has 2 aliphatic rings. The topological polar surface area (TPSA) is 54.5 Å². The summed E-state index contributed by atoms with van der Waals surface area (Å²) in [5, 5.41) is 3.19. The molecule has 23 heavy (non-hydrogen) atoms. The third-order valence-electron chi connectivity index (χ3n) is 4.92. The van der Waals surface area contributed by atoms with Gasteiger partial charge in [0, 0.05) is 44.0 Å². The van der Waals surface area contributed by atoms with Crippen molar-refractivity contribution < 1.29 is 9.53 Å². The quantitative estimate of drug-likeness (QED) is 0.897. The molecule has 5 heteroatoms. The number of aryl methyl sites for hydroxylation is 1. The molecule has 3 heterocycles. The molecule has 2 aliphatic heterocycles. The van der Waals surface area contributed by atoms with E-state index >= 15 is 0 Å². The molecule has 0 aromatic carbocycles. The fourth-order valence-corrected chi connectivity index (χ4v) is 3.51. The van der Waals surface area contributed by atoms with E-state index in [-0.39, 0.29) is 11.9 Å². The van der Waals surface area contributed by atoms with Crippen LogP contribution in [-0.2, 0) is 16.0 Å². The highest BCUT2D eigenvalue weighted by Crippen LogP contribution is 2.25. The van der Waals surface area contributed by atoms with E-state index in [1.54, 1.807) is 6.20 Å². The second-order valence-electron chi connectivity index (χ2n) is 7.08. The minimum Gasteiger partial charge on any atom is -0.375 e. The maximum absolute atomic E-state index is 12.2.